The molecule has 7 heteroatoms. The molecule has 1 atom stereocenters. The number of ether oxygens (including phenoxy) is 3. The normalized spacial score (nSPS) is 15.8. The SMILES string of the molecule is CCCOc1ccccc1C1NC(=O)NC(c2ccc(OC)cc2)=C1C(=O)OCC. The first-order valence-corrected chi connectivity index (χ1v) is 9.94. The van der Waals surface area contributed by atoms with Crippen molar-refractivity contribution in [2.24, 2.45) is 0 Å². The minimum absolute atomic E-state index is 0.215. The van der Waals surface area contributed by atoms with Gasteiger partial charge in [0.1, 0.15) is 11.5 Å². The van der Waals surface area contributed by atoms with Crippen LogP contribution in [-0.2, 0) is 9.53 Å². The molecule has 3 rings (SSSR count). The van der Waals surface area contributed by atoms with Gasteiger partial charge in [-0.05, 0) is 49.2 Å². The molecule has 30 heavy (non-hydrogen) atoms. The van der Waals surface area contributed by atoms with Crippen LogP contribution in [0.5, 0.6) is 11.5 Å². The van der Waals surface area contributed by atoms with Gasteiger partial charge in [0.25, 0.3) is 0 Å². The van der Waals surface area contributed by atoms with E-state index in [-0.39, 0.29) is 6.61 Å². The van der Waals surface area contributed by atoms with Crippen LogP contribution >= 0.6 is 0 Å². The second kappa shape index (κ2) is 9.82. The van der Waals surface area contributed by atoms with Crippen LogP contribution < -0.4 is 20.1 Å². The van der Waals surface area contributed by atoms with Crippen molar-refractivity contribution in [3.05, 3.63) is 65.2 Å². The number of esters is 1. The first-order valence-electron chi connectivity index (χ1n) is 9.94. The third-order valence-corrected chi connectivity index (χ3v) is 4.64. The van der Waals surface area contributed by atoms with Crippen LogP contribution in [0.1, 0.15) is 37.4 Å². The number of amides is 2. The number of hydrogen-bond acceptors (Lipinski definition) is 5. The Hall–Kier alpha value is -3.48. The van der Waals surface area contributed by atoms with Crippen LogP contribution in [0.15, 0.2) is 54.1 Å². The van der Waals surface area contributed by atoms with E-state index in [1.807, 2.05) is 31.2 Å². The van der Waals surface area contributed by atoms with Gasteiger partial charge in [0.2, 0.25) is 0 Å². The summed E-state index contributed by atoms with van der Waals surface area (Å²) in [6.45, 7) is 4.50. The Morgan fingerprint density at radius 1 is 1.07 bits per heavy atom. The van der Waals surface area contributed by atoms with E-state index in [9.17, 15) is 9.59 Å². The molecule has 1 heterocycles. The predicted octanol–water partition coefficient (Wildman–Crippen LogP) is 3.81. The fourth-order valence-electron chi connectivity index (χ4n) is 3.27. The summed E-state index contributed by atoms with van der Waals surface area (Å²) in [5.74, 6) is 0.778. The average Bonchev–Trinajstić information content (AvgIpc) is 2.77. The van der Waals surface area contributed by atoms with Gasteiger partial charge in [0.15, 0.2) is 0 Å². The van der Waals surface area contributed by atoms with Gasteiger partial charge >= 0.3 is 12.0 Å². The number of para-hydroxylation sites is 1. The zero-order valence-corrected chi connectivity index (χ0v) is 17.4. The number of urea groups is 1. The lowest BCUT2D eigenvalue weighted by atomic mass is 9.92. The molecule has 2 aromatic rings. The largest absolute Gasteiger partial charge is 0.497 e. The monoisotopic (exact) mass is 410 g/mol. The van der Waals surface area contributed by atoms with E-state index in [4.69, 9.17) is 14.2 Å². The molecule has 0 aliphatic carbocycles. The van der Waals surface area contributed by atoms with Gasteiger partial charge in [-0.15, -0.1) is 0 Å². The molecule has 1 unspecified atom stereocenters. The maximum Gasteiger partial charge on any atom is 0.338 e. The Morgan fingerprint density at radius 2 is 1.80 bits per heavy atom. The maximum absolute atomic E-state index is 13.0. The number of benzene rings is 2. The molecule has 1 aliphatic rings. The average molecular weight is 410 g/mol. The van der Waals surface area contributed by atoms with Gasteiger partial charge in [-0.2, -0.15) is 0 Å². The lowest BCUT2D eigenvalue weighted by Crippen LogP contribution is -2.45. The Morgan fingerprint density at radius 3 is 2.47 bits per heavy atom. The van der Waals surface area contributed by atoms with Gasteiger partial charge in [-0.3, -0.25) is 0 Å². The van der Waals surface area contributed by atoms with E-state index in [0.29, 0.717) is 40.5 Å². The van der Waals surface area contributed by atoms with Crippen LogP contribution in [0.2, 0.25) is 0 Å². The lowest BCUT2D eigenvalue weighted by molar-refractivity contribution is -0.138. The molecule has 2 aromatic carbocycles. The van der Waals surface area contributed by atoms with E-state index < -0.39 is 18.0 Å². The molecule has 2 N–H and O–H groups in total. The van der Waals surface area contributed by atoms with E-state index in [2.05, 4.69) is 10.6 Å². The predicted molar refractivity (Wildman–Crippen MR) is 113 cm³/mol. The number of carbonyl (C=O) groups excluding carboxylic acids is 2. The second-order valence-corrected chi connectivity index (χ2v) is 6.66. The Labute approximate surface area is 176 Å². The number of methoxy groups -OCH3 is 1. The number of carbonyl (C=O) groups is 2. The van der Waals surface area contributed by atoms with Gasteiger partial charge in [0.05, 0.1) is 37.6 Å². The van der Waals surface area contributed by atoms with E-state index in [0.717, 1.165) is 6.42 Å². The van der Waals surface area contributed by atoms with Gasteiger partial charge in [-0.25, -0.2) is 9.59 Å². The summed E-state index contributed by atoms with van der Waals surface area (Å²) in [4.78, 5) is 25.5. The van der Waals surface area contributed by atoms with E-state index in [1.54, 1.807) is 38.3 Å². The Bertz CT molecular complexity index is 937. The van der Waals surface area contributed by atoms with Gasteiger partial charge < -0.3 is 24.8 Å². The molecular weight excluding hydrogens is 384 g/mol. The highest BCUT2D eigenvalue weighted by molar-refractivity contribution is 6.04. The molecule has 0 radical (unpaired) electrons. The van der Waals surface area contributed by atoms with Crippen molar-refractivity contribution < 1.29 is 23.8 Å². The Balaban J connectivity index is 2.15. The summed E-state index contributed by atoms with van der Waals surface area (Å²) < 4.78 is 16.4. The molecule has 7 nitrogen and oxygen atoms in total. The third-order valence-electron chi connectivity index (χ3n) is 4.64. The van der Waals surface area contributed by atoms with Gasteiger partial charge in [-0.1, -0.05) is 25.1 Å². The third kappa shape index (κ3) is 4.56. The second-order valence-electron chi connectivity index (χ2n) is 6.66. The molecule has 0 bridgehead atoms. The van der Waals surface area contributed by atoms with Crippen molar-refractivity contribution in [2.45, 2.75) is 26.3 Å². The molecule has 0 aromatic heterocycles. The van der Waals surface area contributed by atoms with Crippen molar-refractivity contribution in [1.29, 1.82) is 0 Å². The van der Waals surface area contributed by atoms with Gasteiger partial charge in [0, 0.05) is 5.56 Å². The Kier molecular flexibility index (Phi) is 6.95. The number of nitrogens with one attached hydrogen (secondary N) is 2. The van der Waals surface area contributed by atoms with Crippen molar-refractivity contribution in [2.75, 3.05) is 20.3 Å². The van der Waals surface area contributed by atoms with Crippen molar-refractivity contribution in [1.82, 2.24) is 10.6 Å². The quantitative estimate of drug-likeness (QED) is 0.647. The summed E-state index contributed by atoms with van der Waals surface area (Å²) in [6.07, 6.45) is 0.838. The highest BCUT2D eigenvalue weighted by Crippen LogP contribution is 2.36. The first-order chi connectivity index (χ1) is 14.6. The highest BCUT2D eigenvalue weighted by Gasteiger charge is 2.35. The van der Waals surface area contributed by atoms with Crippen molar-refractivity contribution in [3.8, 4) is 11.5 Å². The fourth-order valence-corrected chi connectivity index (χ4v) is 3.27. The molecule has 0 saturated carbocycles. The summed E-state index contributed by atoms with van der Waals surface area (Å²) in [5, 5.41) is 5.62. The van der Waals surface area contributed by atoms with Crippen molar-refractivity contribution in [3.63, 3.8) is 0 Å². The van der Waals surface area contributed by atoms with E-state index in [1.165, 1.54) is 0 Å². The zero-order valence-electron chi connectivity index (χ0n) is 17.4. The zero-order chi connectivity index (χ0) is 21.5. The number of hydrogen-bond donors (Lipinski definition) is 2. The van der Waals surface area contributed by atoms with Crippen LogP contribution in [0.25, 0.3) is 5.70 Å². The lowest BCUT2D eigenvalue weighted by Gasteiger charge is -2.30. The number of rotatable bonds is 8. The minimum Gasteiger partial charge on any atom is -0.497 e. The molecule has 0 saturated heterocycles. The fraction of sp³-hybridized carbons (Fsp3) is 0.304. The summed E-state index contributed by atoms with van der Waals surface area (Å²) >= 11 is 0. The van der Waals surface area contributed by atoms with Crippen LogP contribution in [-0.4, -0.2) is 32.3 Å². The topological polar surface area (TPSA) is 85.9 Å². The minimum atomic E-state index is -0.719. The maximum atomic E-state index is 13.0. The first kappa shape index (κ1) is 21.2. The standard InChI is InChI=1S/C23H26N2O5/c1-4-14-30-18-9-7-6-8-17(18)21-19(22(26)29-5-2)20(24-23(27)25-21)15-10-12-16(28-3)13-11-15/h6-13,21H,4-5,14H2,1-3H3,(H2,24,25,27). The van der Waals surface area contributed by atoms with Crippen molar-refractivity contribution >= 4 is 17.7 Å². The van der Waals surface area contributed by atoms with Crippen LogP contribution in [0.4, 0.5) is 4.79 Å². The summed E-state index contributed by atoms with van der Waals surface area (Å²) in [5.41, 5.74) is 2.07. The summed E-state index contributed by atoms with van der Waals surface area (Å²) in [7, 11) is 1.58. The van der Waals surface area contributed by atoms with Crippen LogP contribution in [0.3, 0.4) is 0 Å². The summed E-state index contributed by atoms with van der Waals surface area (Å²) in [6, 6.07) is 13.4. The highest BCUT2D eigenvalue weighted by atomic mass is 16.5. The van der Waals surface area contributed by atoms with Crippen LogP contribution in [0, 0.1) is 0 Å². The molecule has 0 spiro atoms. The smallest absolute Gasteiger partial charge is 0.338 e. The van der Waals surface area contributed by atoms with E-state index >= 15 is 0 Å². The molecule has 1 aliphatic heterocycles. The molecule has 2 amide bonds. The molecule has 158 valence electrons. The molecular formula is C23H26N2O5. The molecule has 0 fully saturated rings.